The number of hydrogen-bond acceptors (Lipinski definition) is 4. The van der Waals surface area contributed by atoms with Crippen molar-refractivity contribution in [3.63, 3.8) is 0 Å². The quantitative estimate of drug-likeness (QED) is 0.231. The number of nitrogens with two attached hydrogens (primary N) is 2. The molecule has 1 heterocycles. The van der Waals surface area contributed by atoms with Gasteiger partial charge >= 0.3 is 6.09 Å². The molecule has 40 heavy (non-hydrogen) atoms. The van der Waals surface area contributed by atoms with Gasteiger partial charge in [-0.1, -0.05) is 84.9 Å². The van der Waals surface area contributed by atoms with Crippen molar-refractivity contribution in [2.24, 2.45) is 16.5 Å². The zero-order valence-electron chi connectivity index (χ0n) is 22.0. The predicted molar refractivity (Wildman–Crippen MR) is 156 cm³/mol. The van der Waals surface area contributed by atoms with Gasteiger partial charge in [0, 0.05) is 24.6 Å². The van der Waals surface area contributed by atoms with Crippen molar-refractivity contribution in [2.45, 2.75) is 43.8 Å². The Labute approximate surface area is 239 Å². The highest BCUT2D eigenvalue weighted by molar-refractivity contribution is 6.02. The van der Waals surface area contributed by atoms with E-state index in [4.69, 9.17) is 16.6 Å². The van der Waals surface area contributed by atoms with E-state index in [2.05, 4.69) is 10.3 Å². The molecule has 1 aliphatic heterocycles. The molecule has 0 spiro atoms. The lowest BCUT2D eigenvalue weighted by Gasteiger charge is -2.27. The second kappa shape index (κ2) is 14.3. The van der Waals surface area contributed by atoms with Crippen LogP contribution in [-0.2, 0) is 22.6 Å². The predicted octanol–water partition coefficient (Wildman–Crippen LogP) is 3.45. The lowest BCUT2D eigenvalue weighted by atomic mass is 9.96. The zero-order chi connectivity index (χ0) is 27.8. The van der Waals surface area contributed by atoms with Gasteiger partial charge in [-0.2, -0.15) is 4.99 Å². The minimum atomic E-state index is -1.37. The maximum absolute atomic E-state index is 13.5. The highest BCUT2D eigenvalue weighted by atomic mass is 35.5. The number of carboxylic acid groups (broad SMARTS) is 1. The summed E-state index contributed by atoms with van der Waals surface area (Å²) in [6.45, 7) is 0.667. The summed E-state index contributed by atoms with van der Waals surface area (Å²) in [4.78, 5) is 42.5. The van der Waals surface area contributed by atoms with Crippen LogP contribution in [-0.4, -0.2) is 52.4 Å². The van der Waals surface area contributed by atoms with E-state index in [1.807, 2.05) is 60.7 Å². The Hall–Kier alpha value is -4.21. The molecule has 6 N–H and O–H groups in total. The number of hydrogen-bond donors (Lipinski definition) is 4. The van der Waals surface area contributed by atoms with Crippen LogP contribution in [0.4, 0.5) is 4.79 Å². The SMILES string of the molecule is Cl.NC(=NC(=O)O)c1ccc(CNC(=O)[C@@H]2C[C@H](c3ccccc3)CN2C(=O)[C@H](N)CCc2ccccc2)cc1. The van der Waals surface area contributed by atoms with Crippen molar-refractivity contribution >= 4 is 36.2 Å². The van der Waals surface area contributed by atoms with Gasteiger partial charge in [-0.05, 0) is 36.0 Å². The summed E-state index contributed by atoms with van der Waals surface area (Å²) >= 11 is 0. The largest absolute Gasteiger partial charge is 0.463 e. The van der Waals surface area contributed by atoms with Gasteiger partial charge in [0.15, 0.2) is 0 Å². The lowest BCUT2D eigenvalue weighted by Crippen LogP contribution is -2.51. The molecule has 0 aliphatic carbocycles. The van der Waals surface area contributed by atoms with Gasteiger partial charge in [0.1, 0.15) is 11.9 Å². The molecule has 1 fully saturated rings. The molecular weight excluding hydrogens is 530 g/mol. The number of rotatable bonds is 9. The molecule has 0 saturated carbocycles. The number of nitrogens with one attached hydrogen (secondary N) is 1. The van der Waals surface area contributed by atoms with E-state index in [-0.39, 0.29) is 42.5 Å². The van der Waals surface area contributed by atoms with Crippen LogP contribution < -0.4 is 16.8 Å². The normalized spacial score (nSPS) is 17.5. The van der Waals surface area contributed by atoms with Gasteiger partial charge in [0.25, 0.3) is 0 Å². The van der Waals surface area contributed by atoms with Crippen molar-refractivity contribution < 1.29 is 19.5 Å². The maximum atomic E-state index is 13.5. The first-order valence-electron chi connectivity index (χ1n) is 12.9. The Kier molecular flexibility index (Phi) is 10.8. The van der Waals surface area contributed by atoms with Crippen LogP contribution in [0.1, 0.15) is 41.0 Å². The Balaban J connectivity index is 0.00000441. The highest BCUT2D eigenvalue weighted by Crippen LogP contribution is 2.32. The Bertz CT molecular complexity index is 1320. The molecule has 0 aromatic heterocycles. The number of aliphatic imine (C=N–C) groups is 1. The third kappa shape index (κ3) is 7.91. The Morgan fingerprint density at radius 2 is 1.57 bits per heavy atom. The van der Waals surface area contributed by atoms with Crippen molar-refractivity contribution in [3.05, 3.63) is 107 Å². The topological polar surface area (TPSA) is 151 Å². The van der Waals surface area contributed by atoms with Crippen molar-refractivity contribution in [2.75, 3.05) is 6.54 Å². The van der Waals surface area contributed by atoms with E-state index in [1.165, 1.54) is 0 Å². The monoisotopic (exact) mass is 563 g/mol. The fraction of sp³-hybridized carbons (Fsp3) is 0.267. The third-order valence-electron chi connectivity index (χ3n) is 6.99. The van der Waals surface area contributed by atoms with Gasteiger partial charge in [-0.3, -0.25) is 9.59 Å². The van der Waals surface area contributed by atoms with E-state index >= 15 is 0 Å². The van der Waals surface area contributed by atoms with Crippen molar-refractivity contribution in [3.8, 4) is 0 Å². The Morgan fingerprint density at radius 3 is 2.20 bits per heavy atom. The molecule has 3 amide bonds. The number of aryl methyl sites for hydroxylation is 1. The van der Waals surface area contributed by atoms with Crippen LogP contribution in [0, 0.1) is 0 Å². The summed E-state index contributed by atoms with van der Waals surface area (Å²) in [7, 11) is 0. The second-order valence-electron chi connectivity index (χ2n) is 9.67. The number of amides is 3. The summed E-state index contributed by atoms with van der Waals surface area (Å²) in [5.41, 5.74) is 15.5. The smallest absolute Gasteiger partial charge is 0.433 e. The molecule has 10 heteroatoms. The lowest BCUT2D eigenvalue weighted by molar-refractivity contribution is -0.139. The molecule has 4 rings (SSSR count). The minimum absolute atomic E-state index is 0. The molecule has 9 nitrogen and oxygen atoms in total. The summed E-state index contributed by atoms with van der Waals surface area (Å²) in [5.74, 6) is -0.535. The number of carbonyl (C=O) groups excluding carboxylic acids is 2. The van der Waals surface area contributed by atoms with Crippen molar-refractivity contribution in [1.29, 1.82) is 0 Å². The van der Waals surface area contributed by atoms with Crippen LogP contribution in [0.25, 0.3) is 0 Å². The highest BCUT2D eigenvalue weighted by Gasteiger charge is 2.41. The van der Waals surface area contributed by atoms with Gasteiger partial charge in [0.2, 0.25) is 11.8 Å². The average Bonchev–Trinajstić information content (AvgIpc) is 3.41. The molecule has 0 bridgehead atoms. The molecule has 0 unspecified atom stereocenters. The fourth-order valence-electron chi connectivity index (χ4n) is 4.87. The fourth-order valence-corrected chi connectivity index (χ4v) is 4.87. The van der Waals surface area contributed by atoms with E-state index in [0.717, 1.165) is 16.7 Å². The third-order valence-corrected chi connectivity index (χ3v) is 6.99. The van der Waals surface area contributed by atoms with E-state index in [0.29, 0.717) is 31.4 Å². The summed E-state index contributed by atoms with van der Waals surface area (Å²) < 4.78 is 0. The molecule has 0 radical (unpaired) electrons. The first-order chi connectivity index (χ1) is 18.8. The number of benzene rings is 3. The average molecular weight is 564 g/mol. The van der Waals surface area contributed by atoms with Crippen LogP contribution in [0.2, 0.25) is 0 Å². The van der Waals surface area contributed by atoms with Crippen LogP contribution >= 0.6 is 12.4 Å². The van der Waals surface area contributed by atoms with Crippen LogP contribution in [0.3, 0.4) is 0 Å². The second-order valence-corrected chi connectivity index (χ2v) is 9.67. The van der Waals surface area contributed by atoms with Gasteiger partial charge in [0.05, 0.1) is 6.04 Å². The standard InChI is InChI=1S/C30H33N5O4.ClH/c31-25(16-13-20-7-3-1-4-8-20)29(37)35-19-24(22-9-5-2-6-10-22)17-26(35)28(36)33-18-21-11-14-23(15-12-21)27(32)34-30(38)39;/h1-12,14-15,24-26H,13,16-19,31H2,(H2,32,34)(H,33,36)(H,38,39);1H/t24-,25+,26-;/m0./s1. The number of likely N-dealkylation sites (tertiary alicyclic amines) is 1. The molecule has 3 aromatic carbocycles. The maximum Gasteiger partial charge on any atom is 0.433 e. The molecule has 210 valence electrons. The van der Waals surface area contributed by atoms with Gasteiger partial charge in [-0.25, -0.2) is 4.79 Å². The summed E-state index contributed by atoms with van der Waals surface area (Å²) in [6, 6.07) is 25.2. The molecule has 1 aliphatic rings. The van der Waals surface area contributed by atoms with E-state index in [9.17, 15) is 14.4 Å². The molecule has 3 aromatic rings. The number of nitrogens with zero attached hydrogens (tertiary/aromatic N) is 2. The zero-order valence-corrected chi connectivity index (χ0v) is 22.8. The minimum Gasteiger partial charge on any atom is -0.463 e. The summed E-state index contributed by atoms with van der Waals surface area (Å²) in [6.07, 6.45) is 0.310. The van der Waals surface area contributed by atoms with Crippen LogP contribution in [0.5, 0.6) is 0 Å². The van der Waals surface area contributed by atoms with Crippen molar-refractivity contribution in [1.82, 2.24) is 10.2 Å². The number of carbonyl (C=O) groups is 3. The number of halogens is 1. The molecule has 1 saturated heterocycles. The Morgan fingerprint density at radius 1 is 0.950 bits per heavy atom. The molecule has 3 atom stereocenters. The summed E-state index contributed by atoms with van der Waals surface area (Å²) in [5, 5.41) is 11.7. The van der Waals surface area contributed by atoms with Gasteiger partial charge < -0.3 is 26.8 Å². The molecular formula is C30H34ClN5O4. The van der Waals surface area contributed by atoms with E-state index in [1.54, 1.807) is 29.2 Å². The number of amidine groups is 1. The van der Waals surface area contributed by atoms with Gasteiger partial charge in [-0.15, -0.1) is 12.4 Å². The first-order valence-corrected chi connectivity index (χ1v) is 12.9. The van der Waals surface area contributed by atoms with E-state index < -0.39 is 18.2 Å². The first kappa shape index (κ1) is 30.3. The van der Waals surface area contributed by atoms with Crippen LogP contribution in [0.15, 0.2) is 89.9 Å².